The minimum atomic E-state index is -0.348. The molecule has 1 aliphatic rings. The molecule has 0 radical (unpaired) electrons. The fourth-order valence-electron chi connectivity index (χ4n) is 4.27. The molecule has 7 heteroatoms. The average molecular weight is 487 g/mol. The molecule has 0 fully saturated rings. The summed E-state index contributed by atoms with van der Waals surface area (Å²) in [7, 11) is 0. The van der Waals surface area contributed by atoms with E-state index in [9.17, 15) is 14.0 Å². The summed E-state index contributed by atoms with van der Waals surface area (Å²) < 4.78 is 24.3. The van der Waals surface area contributed by atoms with Crippen LogP contribution in [0.2, 0.25) is 0 Å². The fraction of sp³-hybridized carbons (Fsp3) is 0.241. The minimum Gasteiger partial charge on any atom is -0.454 e. The van der Waals surface area contributed by atoms with Crippen molar-refractivity contribution in [2.24, 2.45) is 0 Å². The Bertz CT molecular complexity index is 1490. The van der Waals surface area contributed by atoms with E-state index in [0.717, 1.165) is 16.5 Å². The van der Waals surface area contributed by atoms with Crippen LogP contribution in [0.1, 0.15) is 47.8 Å². The van der Waals surface area contributed by atoms with Gasteiger partial charge in [0.2, 0.25) is 6.79 Å². The van der Waals surface area contributed by atoms with Crippen LogP contribution >= 0.6 is 0 Å². The summed E-state index contributed by atoms with van der Waals surface area (Å²) in [5, 5.41) is 0.776. The number of carbonyl (C=O) groups is 1. The third-order valence-corrected chi connectivity index (χ3v) is 6.35. The topological polar surface area (TPSA) is 71.6 Å². The first-order chi connectivity index (χ1) is 17.2. The van der Waals surface area contributed by atoms with Gasteiger partial charge in [-0.25, -0.2) is 4.39 Å². The van der Waals surface area contributed by atoms with Crippen LogP contribution in [0.15, 0.2) is 71.5 Å². The van der Waals surface area contributed by atoms with Crippen molar-refractivity contribution in [3.05, 3.63) is 105 Å². The summed E-state index contributed by atoms with van der Waals surface area (Å²) >= 11 is 0. The number of nitrogens with zero attached hydrogens (tertiary/aromatic N) is 1. The van der Waals surface area contributed by atoms with Gasteiger partial charge >= 0.3 is 0 Å². The van der Waals surface area contributed by atoms with Crippen molar-refractivity contribution in [2.75, 3.05) is 6.79 Å². The van der Waals surface area contributed by atoms with Gasteiger partial charge in [-0.2, -0.15) is 0 Å². The van der Waals surface area contributed by atoms with E-state index in [4.69, 9.17) is 9.47 Å². The Hall–Kier alpha value is -4.13. The van der Waals surface area contributed by atoms with Crippen LogP contribution in [-0.4, -0.2) is 22.6 Å². The number of hydrogen-bond acceptors (Lipinski definition) is 4. The van der Waals surface area contributed by atoms with Crippen LogP contribution in [0.3, 0.4) is 0 Å². The Labute approximate surface area is 208 Å². The van der Waals surface area contributed by atoms with Crippen molar-refractivity contribution < 1.29 is 18.7 Å². The zero-order valence-corrected chi connectivity index (χ0v) is 20.4. The van der Waals surface area contributed by atoms with E-state index in [2.05, 4.69) is 25.8 Å². The number of fused-ring (bicyclic) bond motifs is 2. The second kappa shape index (κ2) is 9.15. The molecule has 0 saturated heterocycles. The predicted octanol–water partition coefficient (Wildman–Crippen LogP) is 5.54. The lowest BCUT2D eigenvalue weighted by atomic mass is 9.86. The minimum absolute atomic E-state index is 0.0390. The highest BCUT2D eigenvalue weighted by atomic mass is 19.1. The van der Waals surface area contributed by atoms with Crippen molar-refractivity contribution in [2.45, 2.75) is 39.3 Å². The highest BCUT2D eigenvalue weighted by Crippen LogP contribution is 2.35. The maximum Gasteiger partial charge on any atom is 0.254 e. The van der Waals surface area contributed by atoms with Gasteiger partial charge in [0, 0.05) is 29.1 Å². The van der Waals surface area contributed by atoms with E-state index in [1.165, 1.54) is 12.1 Å². The van der Waals surface area contributed by atoms with Gasteiger partial charge in [0.25, 0.3) is 11.5 Å². The second-order valence-corrected chi connectivity index (χ2v) is 10.0. The van der Waals surface area contributed by atoms with Crippen LogP contribution in [0.25, 0.3) is 10.9 Å². The van der Waals surface area contributed by atoms with Gasteiger partial charge in [-0.05, 0) is 52.9 Å². The van der Waals surface area contributed by atoms with Gasteiger partial charge in [-0.3, -0.25) is 9.59 Å². The summed E-state index contributed by atoms with van der Waals surface area (Å²) in [5.74, 6) is 0.625. The predicted molar refractivity (Wildman–Crippen MR) is 136 cm³/mol. The van der Waals surface area contributed by atoms with Crippen molar-refractivity contribution in [1.82, 2.24) is 9.88 Å². The number of carbonyl (C=O) groups excluding carboxylic acids is 1. The van der Waals surface area contributed by atoms with Crippen LogP contribution in [0.4, 0.5) is 4.39 Å². The molecule has 6 nitrogen and oxygen atoms in total. The molecule has 1 amide bonds. The highest BCUT2D eigenvalue weighted by Gasteiger charge is 2.21. The van der Waals surface area contributed by atoms with Crippen molar-refractivity contribution in [1.29, 1.82) is 0 Å². The normalized spacial score (nSPS) is 12.7. The van der Waals surface area contributed by atoms with Crippen molar-refractivity contribution >= 4 is 16.8 Å². The fourth-order valence-corrected chi connectivity index (χ4v) is 4.27. The smallest absolute Gasteiger partial charge is 0.254 e. The Morgan fingerprint density at radius 1 is 0.944 bits per heavy atom. The third kappa shape index (κ3) is 4.82. The Morgan fingerprint density at radius 3 is 2.28 bits per heavy atom. The first kappa shape index (κ1) is 23.6. The summed E-state index contributed by atoms with van der Waals surface area (Å²) in [4.78, 5) is 31.1. The van der Waals surface area contributed by atoms with Crippen molar-refractivity contribution in [3.8, 4) is 11.5 Å². The van der Waals surface area contributed by atoms with Crippen LogP contribution in [0.5, 0.6) is 11.5 Å². The summed E-state index contributed by atoms with van der Waals surface area (Å²) in [5.41, 5.74) is 3.13. The number of amides is 1. The molecule has 1 aromatic heterocycles. The Morgan fingerprint density at radius 2 is 1.61 bits per heavy atom. The molecule has 0 atom stereocenters. The van der Waals surface area contributed by atoms with Crippen molar-refractivity contribution in [3.63, 3.8) is 0 Å². The monoisotopic (exact) mass is 486 g/mol. The molecule has 0 spiro atoms. The zero-order valence-electron chi connectivity index (χ0n) is 20.4. The van der Waals surface area contributed by atoms with Gasteiger partial charge in [-0.1, -0.05) is 45.0 Å². The number of aromatic nitrogens is 1. The Balaban J connectivity index is 1.49. The Kier molecular flexibility index (Phi) is 6.00. The van der Waals surface area contributed by atoms with Crippen LogP contribution in [0, 0.1) is 5.82 Å². The van der Waals surface area contributed by atoms with E-state index in [0.29, 0.717) is 28.1 Å². The quantitative estimate of drug-likeness (QED) is 0.402. The van der Waals surface area contributed by atoms with E-state index < -0.39 is 0 Å². The number of H-pyrrole nitrogens is 1. The van der Waals surface area contributed by atoms with E-state index in [1.54, 1.807) is 29.2 Å². The molecule has 184 valence electrons. The maximum absolute atomic E-state index is 13.6. The van der Waals surface area contributed by atoms with E-state index in [-0.39, 0.29) is 42.6 Å². The number of aromatic amines is 1. The summed E-state index contributed by atoms with van der Waals surface area (Å²) in [6, 6.07) is 18.9. The first-order valence-corrected chi connectivity index (χ1v) is 11.8. The first-order valence-electron chi connectivity index (χ1n) is 11.8. The second-order valence-electron chi connectivity index (χ2n) is 10.0. The lowest BCUT2D eigenvalue weighted by Gasteiger charge is -2.24. The number of rotatable bonds is 5. The van der Waals surface area contributed by atoms with E-state index in [1.807, 2.05) is 30.3 Å². The van der Waals surface area contributed by atoms with Gasteiger partial charge in [0.15, 0.2) is 11.5 Å². The molecule has 36 heavy (non-hydrogen) atoms. The summed E-state index contributed by atoms with van der Waals surface area (Å²) in [6.45, 7) is 6.78. The summed E-state index contributed by atoms with van der Waals surface area (Å²) in [6.07, 6.45) is 0. The number of pyridine rings is 1. The molecule has 4 aromatic rings. The molecule has 3 aromatic carbocycles. The molecule has 0 bridgehead atoms. The van der Waals surface area contributed by atoms with Gasteiger partial charge < -0.3 is 19.4 Å². The van der Waals surface area contributed by atoms with E-state index >= 15 is 0 Å². The highest BCUT2D eigenvalue weighted by molar-refractivity contribution is 5.94. The molecule has 2 heterocycles. The van der Waals surface area contributed by atoms with Crippen LogP contribution < -0.4 is 15.0 Å². The lowest BCUT2D eigenvalue weighted by Crippen LogP contribution is -2.32. The van der Waals surface area contributed by atoms with Gasteiger partial charge in [-0.15, -0.1) is 0 Å². The van der Waals surface area contributed by atoms with Gasteiger partial charge in [0.05, 0.1) is 12.1 Å². The van der Waals surface area contributed by atoms with Crippen LogP contribution in [-0.2, 0) is 18.5 Å². The number of benzene rings is 3. The molecule has 1 aliphatic heterocycles. The standard InChI is InChI=1S/C29H27FN2O4/c1-29(2,3)22-8-6-19(7-9-22)28(34)32(15-18-4-10-23(30)11-5-18)16-21-12-20-13-25-26(36-17-35-25)14-24(20)31-27(21)33/h4-14H,15-17H2,1-3H3,(H,31,33). The number of nitrogens with one attached hydrogen (secondary N) is 1. The molecular formula is C29H27FN2O4. The SMILES string of the molecule is CC(C)(C)c1ccc(C(=O)N(Cc2ccc(F)cc2)Cc2cc3cc4c(cc3[nH]c2=O)OCO4)cc1. The average Bonchev–Trinajstić information content (AvgIpc) is 3.30. The number of hydrogen-bond donors (Lipinski definition) is 1. The molecule has 0 unspecified atom stereocenters. The maximum atomic E-state index is 13.6. The number of ether oxygens (including phenoxy) is 2. The molecular weight excluding hydrogens is 459 g/mol. The number of halogens is 1. The largest absolute Gasteiger partial charge is 0.454 e. The molecule has 5 rings (SSSR count). The molecule has 0 aliphatic carbocycles. The zero-order chi connectivity index (χ0) is 25.4. The molecule has 0 saturated carbocycles. The molecule has 1 N–H and O–H groups in total. The lowest BCUT2D eigenvalue weighted by molar-refractivity contribution is 0.0729. The van der Waals surface area contributed by atoms with Gasteiger partial charge in [0.1, 0.15) is 5.82 Å². The third-order valence-electron chi connectivity index (χ3n) is 6.35.